The number of hydrogen-bond donors (Lipinski definition) is 1. The highest BCUT2D eigenvalue weighted by atomic mass is 16.5. The topological polar surface area (TPSA) is 81.0 Å². The van der Waals surface area contributed by atoms with Crippen molar-refractivity contribution >= 4 is 5.97 Å². The minimum absolute atomic E-state index is 0.0651. The van der Waals surface area contributed by atoms with Crippen molar-refractivity contribution in [2.45, 2.75) is 33.3 Å². The fraction of sp³-hybridized carbons (Fsp3) is 0.417. The average Bonchev–Trinajstić information content (AvgIpc) is 2.96. The molecule has 0 unspecified atom stereocenters. The molecular formula is C12H15N3O3. The summed E-state index contributed by atoms with van der Waals surface area (Å²) in [5.74, 6) is 0.0489. The van der Waals surface area contributed by atoms with Crippen molar-refractivity contribution in [1.29, 1.82) is 0 Å². The van der Waals surface area contributed by atoms with E-state index >= 15 is 0 Å². The number of esters is 1. The Labute approximate surface area is 104 Å². The third-order valence-corrected chi connectivity index (χ3v) is 2.38. The molecule has 2 rings (SSSR count). The van der Waals surface area contributed by atoms with Crippen LogP contribution in [0.25, 0.3) is 0 Å². The smallest absolute Gasteiger partial charge is 0.359 e. The van der Waals surface area contributed by atoms with Gasteiger partial charge in [-0.25, -0.2) is 4.79 Å². The number of H-pyrrole nitrogens is 1. The van der Waals surface area contributed by atoms with Crippen molar-refractivity contribution in [3.63, 3.8) is 0 Å². The quantitative estimate of drug-likeness (QED) is 0.820. The van der Waals surface area contributed by atoms with Gasteiger partial charge in [-0.15, -0.1) is 0 Å². The van der Waals surface area contributed by atoms with Crippen molar-refractivity contribution in [2.24, 2.45) is 0 Å². The van der Waals surface area contributed by atoms with Gasteiger partial charge in [-0.2, -0.15) is 5.10 Å². The number of carbonyl (C=O) groups is 1. The van der Waals surface area contributed by atoms with Crippen LogP contribution in [-0.2, 0) is 17.8 Å². The molecule has 1 N–H and O–H groups in total. The zero-order valence-corrected chi connectivity index (χ0v) is 10.4. The molecule has 2 heterocycles. The number of aromatic amines is 1. The second kappa shape index (κ2) is 5.48. The predicted molar refractivity (Wildman–Crippen MR) is 62.9 cm³/mol. The van der Waals surface area contributed by atoms with Gasteiger partial charge in [-0.05, 0) is 19.4 Å². The number of aryl methyl sites for hydroxylation is 2. The summed E-state index contributed by atoms with van der Waals surface area (Å²) < 4.78 is 10.0. The van der Waals surface area contributed by atoms with Crippen LogP contribution in [0.15, 0.2) is 16.7 Å². The molecule has 96 valence electrons. The highest BCUT2D eigenvalue weighted by molar-refractivity contribution is 5.87. The molecule has 0 radical (unpaired) electrons. The number of hydrogen-bond acceptors (Lipinski definition) is 5. The molecule has 18 heavy (non-hydrogen) atoms. The van der Waals surface area contributed by atoms with Crippen LogP contribution in [0.4, 0.5) is 0 Å². The minimum Gasteiger partial charge on any atom is -0.453 e. The van der Waals surface area contributed by atoms with E-state index in [-0.39, 0.29) is 12.3 Å². The standard InChI is InChI=1S/C12H15N3O3/c1-3-4-9-6-11(14-13-9)12(16)17-7-10-5-8(2)15-18-10/h5-6H,3-4,7H2,1-2H3,(H,13,14). The first kappa shape index (κ1) is 12.3. The predicted octanol–water partition coefficient (Wildman–Crippen LogP) is 2.02. The molecule has 0 saturated heterocycles. The Bertz CT molecular complexity index is 530. The summed E-state index contributed by atoms with van der Waals surface area (Å²) >= 11 is 0. The zero-order chi connectivity index (χ0) is 13.0. The lowest BCUT2D eigenvalue weighted by Gasteiger charge is -1.98. The van der Waals surface area contributed by atoms with E-state index in [1.54, 1.807) is 19.1 Å². The Morgan fingerprint density at radius 3 is 3.00 bits per heavy atom. The molecule has 0 aliphatic rings. The van der Waals surface area contributed by atoms with Crippen LogP contribution in [0.3, 0.4) is 0 Å². The Hall–Kier alpha value is -2.11. The van der Waals surface area contributed by atoms with Crippen molar-refractivity contribution in [3.8, 4) is 0 Å². The SMILES string of the molecule is CCCc1cc(C(=O)OCc2cc(C)no2)n[nH]1. The van der Waals surface area contributed by atoms with Crippen molar-refractivity contribution in [1.82, 2.24) is 15.4 Å². The fourth-order valence-electron chi connectivity index (χ4n) is 1.56. The van der Waals surface area contributed by atoms with Gasteiger partial charge in [0.25, 0.3) is 0 Å². The van der Waals surface area contributed by atoms with Gasteiger partial charge in [0, 0.05) is 11.8 Å². The van der Waals surface area contributed by atoms with Crippen LogP contribution in [0.2, 0.25) is 0 Å². The van der Waals surface area contributed by atoms with Crippen molar-refractivity contribution < 1.29 is 14.1 Å². The molecule has 0 atom stereocenters. The zero-order valence-electron chi connectivity index (χ0n) is 10.4. The Balaban J connectivity index is 1.90. The van der Waals surface area contributed by atoms with E-state index in [4.69, 9.17) is 9.26 Å². The molecule has 0 fully saturated rings. The van der Waals surface area contributed by atoms with Gasteiger partial charge in [0.2, 0.25) is 0 Å². The van der Waals surface area contributed by atoms with Gasteiger partial charge in [0.15, 0.2) is 18.1 Å². The number of rotatable bonds is 5. The van der Waals surface area contributed by atoms with E-state index in [1.807, 2.05) is 0 Å². The van der Waals surface area contributed by atoms with E-state index in [0.717, 1.165) is 24.2 Å². The monoisotopic (exact) mass is 249 g/mol. The maximum atomic E-state index is 11.7. The second-order valence-corrected chi connectivity index (χ2v) is 4.04. The molecule has 6 nitrogen and oxygen atoms in total. The van der Waals surface area contributed by atoms with Crippen LogP contribution in [-0.4, -0.2) is 21.3 Å². The molecule has 6 heteroatoms. The van der Waals surface area contributed by atoms with Gasteiger partial charge in [-0.1, -0.05) is 18.5 Å². The van der Waals surface area contributed by atoms with Gasteiger partial charge >= 0.3 is 5.97 Å². The highest BCUT2D eigenvalue weighted by Crippen LogP contribution is 2.08. The van der Waals surface area contributed by atoms with E-state index in [1.165, 1.54) is 0 Å². The maximum Gasteiger partial charge on any atom is 0.359 e. The summed E-state index contributed by atoms with van der Waals surface area (Å²) in [5, 5.41) is 10.4. The summed E-state index contributed by atoms with van der Waals surface area (Å²) in [7, 11) is 0. The van der Waals surface area contributed by atoms with E-state index in [0.29, 0.717) is 5.76 Å². The largest absolute Gasteiger partial charge is 0.453 e. The third kappa shape index (κ3) is 2.97. The Kier molecular flexibility index (Phi) is 3.76. The molecule has 0 saturated carbocycles. The summed E-state index contributed by atoms with van der Waals surface area (Å²) in [6.07, 6.45) is 1.86. The molecule has 0 aliphatic heterocycles. The van der Waals surface area contributed by atoms with Crippen LogP contribution in [0.1, 0.15) is 41.0 Å². The second-order valence-electron chi connectivity index (χ2n) is 4.04. The summed E-state index contributed by atoms with van der Waals surface area (Å²) in [5.41, 5.74) is 1.97. The molecule has 0 spiro atoms. The van der Waals surface area contributed by atoms with Gasteiger partial charge < -0.3 is 9.26 Å². The first-order valence-corrected chi connectivity index (χ1v) is 5.82. The van der Waals surface area contributed by atoms with Crippen molar-refractivity contribution in [3.05, 3.63) is 35.0 Å². The Morgan fingerprint density at radius 2 is 2.33 bits per heavy atom. The number of ether oxygens (including phenoxy) is 1. The van der Waals surface area contributed by atoms with Crippen LogP contribution < -0.4 is 0 Å². The molecule has 2 aromatic rings. The first-order chi connectivity index (χ1) is 8.69. The van der Waals surface area contributed by atoms with Crippen LogP contribution in [0, 0.1) is 6.92 Å². The lowest BCUT2D eigenvalue weighted by Crippen LogP contribution is -2.05. The molecular weight excluding hydrogens is 234 g/mol. The third-order valence-electron chi connectivity index (χ3n) is 2.38. The van der Waals surface area contributed by atoms with Gasteiger partial charge in [-0.3, -0.25) is 5.10 Å². The normalized spacial score (nSPS) is 10.6. The van der Waals surface area contributed by atoms with Gasteiger partial charge in [0.05, 0.1) is 5.69 Å². The van der Waals surface area contributed by atoms with E-state index < -0.39 is 5.97 Å². The van der Waals surface area contributed by atoms with Crippen LogP contribution >= 0.6 is 0 Å². The minimum atomic E-state index is -0.470. The number of nitrogens with one attached hydrogen (secondary N) is 1. The highest BCUT2D eigenvalue weighted by Gasteiger charge is 2.13. The molecule has 0 aliphatic carbocycles. The summed E-state index contributed by atoms with van der Waals surface area (Å²) in [6.45, 7) is 3.93. The molecule has 0 amide bonds. The molecule has 2 aromatic heterocycles. The van der Waals surface area contributed by atoms with E-state index in [2.05, 4.69) is 22.3 Å². The number of carbonyl (C=O) groups excluding carboxylic acids is 1. The summed E-state index contributed by atoms with van der Waals surface area (Å²) in [4.78, 5) is 11.7. The molecule has 0 bridgehead atoms. The van der Waals surface area contributed by atoms with E-state index in [9.17, 15) is 4.79 Å². The van der Waals surface area contributed by atoms with Gasteiger partial charge in [0.1, 0.15) is 0 Å². The fourth-order valence-corrected chi connectivity index (χ4v) is 1.56. The summed E-state index contributed by atoms with van der Waals surface area (Å²) in [6, 6.07) is 3.43. The first-order valence-electron chi connectivity index (χ1n) is 5.82. The average molecular weight is 249 g/mol. The van der Waals surface area contributed by atoms with Crippen LogP contribution in [0.5, 0.6) is 0 Å². The van der Waals surface area contributed by atoms with Crippen molar-refractivity contribution in [2.75, 3.05) is 0 Å². The maximum absolute atomic E-state index is 11.7. The lowest BCUT2D eigenvalue weighted by molar-refractivity contribution is 0.0430. The number of nitrogens with zero attached hydrogens (tertiary/aromatic N) is 2. The Morgan fingerprint density at radius 1 is 1.50 bits per heavy atom. The molecule has 0 aromatic carbocycles. The lowest BCUT2D eigenvalue weighted by atomic mass is 10.2. The number of aromatic nitrogens is 3.